The smallest absolute Gasteiger partial charge is 0.162 e. The van der Waals surface area contributed by atoms with Gasteiger partial charge in [-0.3, -0.25) is 0 Å². The average molecular weight is 327 g/mol. The van der Waals surface area contributed by atoms with Gasteiger partial charge in [0, 0.05) is 16.6 Å². The van der Waals surface area contributed by atoms with Crippen LogP contribution in [0.15, 0.2) is 78.9 Å². The second-order valence-corrected chi connectivity index (χ2v) is 5.64. The van der Waals surface area contributed by atoms with Crippen molar-refractivity contribution < 1.29 is 4.74 Å². The molecule has 1 aromatic heterocycles. The minimum absolute atomic E-state index is 0.691. The molecule has 0 aliphatic rings. The minimum Gasteiger partial charge on any atom is -0.497 e. The van der Waals surface area contributed by atoms with Gasteiger partial charge < -0.3 is 10.1 Å². The first-order valence-electron chi connectivity index (χ1n) is 8.07. The van der Waals surface area contributed by atoms with Crippen LogP contribution in [0.1, 0.15) is 0 Å². The van der Waals surface area contributed by atoms with Crippen molar-refractivity contribution in [3.63, 3.8) is 0 Å². The first kappa shape index (κ1) is 15.1. The summed E-state index contributed by atoms with van der Waals surface area (Å²) in [5.74, 6) is 2.23. The summed E-state index contributed by atoms with van der Waals surface area (Å²) in [4.78, 5) is 9.48. The molecule has 1 N–H and O–H groups in total. The van der Waals surface area contributed by atoms with Crippen LogP contribution in [0.3, 0.4) is 0 Å². The second kappa shape index (κ2) is 6.61. The number of rotatable bonds is 4. The SMILES string of the molecule is COc1ccc2nc(-c3ccccc3)nc(Nc3ccccc3)c2c1. The van der Waals surface area contributed by atoms with Gasteiger partial charge in [0.2, 0.25) is 0 Å². The third-order valence-corrected chi connectivity index (χ3v) is 3.97. The molecule has 0 spiro atoms. The molecule has 4 heteroatoms. The van der Waals surface area contributed by atoms with Gasteiger partial charge in [-0.25, -0.2) is 9.97 Å². The second-order valence-electron chi connectivity index (χ2n) is 5.64. The number of para-hydroxylation sites is 1. The molecule has 0 saturated carbocycles. The van der Waals surface area contributed by atoms with Gasteiger partial charge in [-0.15, -0.1) is 0 Å². The zero-order chi connectivity index (χ0) is 17.1. The maximum atomic E-state index is 5.36. The fourth-order valence-electron chi connectivity index (χ4n) is 2.70. The quantitative estimate of drug-likeness (QED) is 0.570. The van der Waals surface area contributed by atoms with Crippen LogP contribution in [0.2, 0.25) is 0 Å². The monoisotopic (exact) mass is 327 g/mol. The zero-order valence-corrected chi connectivity index (χ0v) is 13.8. The number of fused-ring (bicyclic) bond motifs is 1. The summed E-state index contributed by atoms with van der Waals surface area (Å²) in [7, 11) is 1.66. The molecule has 3 aromatic carbocycles. The highest BCUT2D eigenvalue weighted by Crippen LogP contribution is 2.29. The number of nitrogens with zero attached hydrogens (tertiary/aromatic N) is 2. The van der Waals surface area contributed by atoms with E-state index in [-0.39, 0.29) is 0 Å². The summed E-state index contributed by atoms with van der Waals surface area (Å²) in [6, 6.07) is 25.8. The predicted octanol–water partition coefficient (Wildman–Crippen LogP) is 5.05. The van der Waals surface area contributed by atoms with Gasteiger partial charge in [0.05, 0.1) is 12.6 Å². The predicted molar refractivity (Wildman–Crippen MR) is 101 cm³/mol. The molecule has 0 aliphatic carbocycles. The summed E-state index contributed by atoms with van der Waals surface area (Å²) in [6.07, 6.45) is 0. The van der Waals surface area contributed by atoms with E-state index < -0.39 is 0 Å². The summed E-state index contributed by atoms with van der Waals surface area (Å²) < 4.78 is 5.36. The van der Waals surface area contributed by atoms with Gasteiger partial charge in [0.15, 0.2) is 5.82 Å². The standard InChI is InChI=1S/C21H17N3O/c1-25-17-12-13-19-18(14-17)21(22-16-10-6-3-7-11-16)24-20(23-19)15-8-4-2-5-9-15/h2-14H,1H3,(H,22,23,24). The number of benzene rings is 3. The van der Waals surface area contributed by atoms with E-state index >= 15 is 0 Å². The Morgan fingerprint density at radius 3 is 2.24 bits per heavy atom. The number of hydrogen-bond donors (Lipinski definition) is 1. The van der Waals surface area contributed by atoms with E-state index in [1.807, 2.05) is 78.9 Å². The van der Waals surface area contributed by atoms with Crippen LogP contribution < -0.4 is 10.1 Å². The van der Waals surface area contributed by atoms with Crippen LogP contribution in [0, 0.1) is 0 Å². The molecule has 4 rings (SSSR count). The molecule has 4 aromatic rings. The highest BCUT2D eigenvalue weighted by atomic mass is 16.5. The Kier molecular flexibility index (Phi) is 4.01. The molecule has 0 fully saturated rings. The molecular weight excluding hydrogens is 310 g/mol. The number of nitrogens with one attached hydrogen (secondary N) is 1. The summed E-state index contributed by atoms with van der Waals surface area (Å²) in [5, 5.41) is 4.32. The maximum Gasteiger partial charge on any atom is 0.162 e. The molecule has 25 heavy (non-hydrogen) atoms. The number of aromatic nitrogens is 2. The van der Waals surface area contributed by atoms with Crippen molar-refractivity contribution in [1.82, 2.24) is 9.97 Å². The fourth-order valence-corrected chi connectivity index (χ4v) is 2.70. The molecule has 0 amide bonds. The summed E-state index contributed by atoms with van der Waals surface area (Å²) in [6.45, 7) is 0. The van der Waals surface area contributed by atoms with E-state index in [0.717, 1.165) is 33.7 Å². The van der Waals surface area contributed by atoms with Gasteiger partial charge >= 0.3 is 0 Å². The molecule has 0 aliphatic heterocycles. The Balaban J connectivity index is 1.89. The fraction of sp³-hybridized carbons (Fsp3) is 0.0476. The minimum atomic E-state index is 0.691. The number of anilines is 2. The van der Waals surface area contributed by atoms with Crippen LogP contribution in [-0.4, -0.2) is 17.1 Å². The van der Waals surface area contributed by atoms with Crippen LogP contribution in [-0.2, 0) is 0 Å². The first-order valence-corrected chi connectivity index (χ1v) is 8.07. The Morgan fingerprint density at radius 2 is 1.52 bits per heavy atom. The van der Waals surface area contributed by atoms with E-state index in [4.69, 9.17) is 14.7 Å². The van der Waals surface area contributed by atoms with Crippen molar-refractivity contribution >= 4 is 22.4 Å². The lowest BCUT2D eigenvalue weighted by Crippen LogP contribution is -1.99. The number of ether oxygens (including phenoxy) is 1. The van der Waals surface area contributed by atoms with Crippen molar-refractivity contribution in [3.8, 4) is 17.1 Å². The third kappa shape index (κ3) is 3.15. The zero-order valence-electron chi connectivity index (χ0n) is 13.8. The molecule has 0 atom stereocenters. The maximum absolute atomic E-state index is 5.36. The average Bonchev–Trinajstić information content (AvgIpc) is 2.69. The van der Waals surface area contributed by atoms with E-state index in [1.54, 1.807) is 7.11 Å². The lowest BCUT2D eigenvalue weighted by atomic mass is 10.1. The van der Waals surface area contributed by atoms with E-state index in [9.17, 15) is 0 Å². The van der Waals surface area contributed by atoms with Gasteiger partial charge in [-0.2, -0.15) is 0 Å². The van der Waals surface area contributed by atoms with E-state index in [2.05, 4.69) is 5.32 Å². The molecule has 1 heterocycles. The van der Waals surface area contributed by atoms with Gasteiger partial charge in [-0.05, 0) is 30.3 Å². The van der Waals surface area contributed by atoms with Crippen LogP contribution in [0.25, 0.3) is 22.3 Å². The van der Waals surface area contributed by atoms with Crippen LogP contribution in [0.4, 0.5) is 11.5 Å². The molecule has 0 unspecified atom stereocenters. The Hall–Kier alpha value is -3.40. The highest BCUT2D eigenvalue weighted by molar-refractivity contribution is 5.93. The van der Waals surface area contributed by atoms with Gasteiger partial charge in [-0.1, -0.05) is 48.5 Å². The largest absolute Gasteiger partial charge is 0.497 e. The number of hydrogen-bond acceptors (Lipinski definition) is 4. The molecule has 0 radical (unpaired) electrons. The summed E-state index contributed by atoms with van der Waals surface area (Å²) in [5.41, 5.74) is 2.83. The summed E-state index contributed by atoms with van der Waals surface area (Å²) >= 11 is 0. The molecule has 0 bridgehead atoms. The molecule has 4 nitrogen and oxygen atoms in total. The van der Waals surface area contributed by atoms with Crippen LogP contribution >= 0.6 is 0 Å². The lowest BCUT2D eigenvalue weighted by Gasteiger charge is -2.12. The van der Waals surface area contributed by atoms with Crippen LogP contribution in [0.5, 0.6) is 5.75 Å². The first-order chi connectivity index (χ1) is 12.3. The van der Waals surface area contributed by atoms with Crippen molar-refractivity contribution in [3.05, 3.63) is 78.9 Å². The topological polar surface area (TPSA) is 47.0 Å². The molecular formula is C21H17N3O. The molecule has 122 valence electrons. The lowest BCUT2D eigenvalue weighted by molar-refractivity contribution is 0.415. The normalized spacial score (nSPS) is 10.6. The van der Waals surface area contributed by atoms with Gasteiger partial charge in [0.1, 0.15) is 11.6 Å². The van der Waals surface area contributed by atoms with Crippen molar-refractivity contribution in [2.24, 2.45) is 0 Å². The third-order valence-electron chi connectivity index (χ3n) is 3.97. The van der Waals surface area contributed by atoms with Crippen molar-refractivity contribution in [2.45, 2.75) is 0 Å². The van der Waals surface area contributed by atoms with Crippen molar-refractivity contribution in [2.75, 3.05) is 12.4 Å². The van der Waals surface area contributed by atoms with Gasteiger partial charge in [0.25, 0.3) is 0 Å². The Labute approximate surface area is 146 Å². The van der Waals surface area contributed by atoms with E-state index in [0.29, 0.717) is 5.82 Å². The van der Waals surface area contributed by atoms with E-state index in [1.165, 1.54) is 0 Å². The van der Waals surface area contributed by atoms with Crippen molar-refractivity contribution in [1.29, 1.82) is 0 Å². The Morgan fingerprint density at radius 1 is 0.800 bits per heavy atom. The highest BCUT2D eigenvalue weighted by Gasteiger charge is 2.11. The Bertz CT molecular complexity index is 1000. The number of methoxy groups -OCH3 is 1. The molecule has 0 saturated heterocycles.